The zero-order valence-electron chi connectivity index (χ0n) is 12.0. The van der Waals surface area contributed by atoms with Gasteiger partial charge in [0.25, 0.3) is 0 Å². The quantitative estimate of drug-likeness (QED) is 0.766. The molecule has 2 rings (SSSR count). The highest BCUT2D eigenvalue weighted by Crippen LogP contribution is 2.24. The van der Waals surface area contributed by atoms with Crippen molar-refractivity contribution in [1.82, 2.24) is 0 Å². The molecule has 0 saturated carbocycles. The standard InChI is InChI=1S/C18H22O2/c1-15(19)17-12-5-6-13-18(17)20-14-8-7-11-16-9-3-2-4-10-16/h2-6,9-10,12-13,15,19H,7-8,11,14H2,1H3/t15-/m0/s1. The Balaban J connectivity index is 1.74. The predicted molar refractivity (Wildman–Crippen MR) is 82.0 cm³/mol. The average Bonchev–Trinajstić information content (AvgIpc) is 2.48. The number of rotatable bonds is 7. The van der Waals surface area contributed by atoms with Gasteiger partial charge in [0.05, 0.1) is 12.7 Å². The van der Waals surface area contributed by atoms with Gasteiger partial charge >= 0.3 is 0 Å². The highest BCUT2D eigenvalue weighted by Gasteiger charge is 2.07. The Morgan fingerprint density at radius 2 is 1.65 bits per heavy atom. The first-order valence-electron chi connectivity index (χ1n) is 7.21. The van der Waals surface area contributed by atoms with Crippen LogP contribution in [0.3, 0.4) is 0 Å². The lowest BCUT2D eigenvalue weighted by atomic mass is 10.1. The Bertz CT molecular complexity index is 506. The van der Waals surface area contributed by atoms with Crippen molar-refractivity contribution in [1.29, 1.82) is 0 Å². The maximum Gasteiger partial charge on any atom is 0.125 e. The third-order valence-electron chi connectivity index (χ3n) is 3.33. The summed E-state index contributed by atoms with van der Waals surface area (Å²) in [6, 6.07) is 18.2. The molecule has 0 saturated heterocycles. The Hall–Kier alpha value is -1.80. The number of aliphatic hydroxyl groups is 1. The second kappa shape index (κ2) is 7.71. The fourth-order valence-corrected chi connectivity index (χ4v) is 2.22. The molecule has 0 aliphatic heterocycles. The van der Waals surface area contributed by atoms with Crippen LogP contribution in [-0.4, -0.2) is 11.7 Å². The fourth-order valence-electron chi connectivity index (χ4n) is 2.22. The first-order chi connectivity index (χ1) is 9.77. The number of ether oxygens (including phenoxy) is 1. The van der Waals surface area contributed by atoms with Crippen molar-refractivity contribution in [3.63, 3.8) is 0 Å². The van der Waals surface area contributed by atoms with Gasteiger partial charge in [-0.3, -0.25) is 0 Å². The van der Waals surface area contributed by atoms with Crippen LogP contribution in [0.15, 0.2) is 54.6 Å². The molecule has 20 heavy (non-hydrogen) atoms. The molecule has 1 atom stereocenters. The van der Waals surface area contributed by atoms with E-state index in [0.717, 1.165) is 30.6 Å². The van der Waals surface area contributed by atoms with E-state index in [-0.39, 0.29) is 0 Å². The summed E-state index contributed by atoms with van der Waals surface area (Å²) in [4.78, 5) is 0. The van der Waals surface area contributed by atoms with Gasteiger partial charge in [0.2, 0.25) is 0 Å². The molecule has 0 radical (unpaired) electrons. The van der Waals surface area contributed by atoms with Crippen molar-refractivity contribution < 1.29 is 9.84 Å². The monoisotopic (exact) mass is 270 g/mol. The lowest BCUT2D eigenvalue weighted by molar-refractivity contribution is 0.191. The Morgan fingerprint density at radius 1 is 0.950 bits per heavy atom. The summed E-state index contributed by atoms with van der Waals surface area (Å²) >= 11 is 0. The summed E-state index contributed by atoms with van der Waals surface area (Å²) < 4.78 is 5.78. The molecule has 0 aliphatic rings. The Morgan fingerprint density at radius 3 is 2.40 bits per heavy atom. The summed E-state index contributed by atoms with van der Waals surface area (Å²) in [6.07, 6.45) is 2.72. The van der Waals surface area contributed by atoms with Crippen LogP contribution in [0.2, 0.25) is 0 Å². The van der Waals surface area contributed by atoms with E-state index in [4.69, 9.17) is 4.74 Å². The third-order valence-corrected chi connectivity index (χ3v) is 3.33. The van der Waals surface area contributed by atoms with E-state index in [2.05, 4.69) is 24.3 Å². The van der Waals surface area contributed by atoms with Crippen LogP contribution < -0.4 is 4.74 Å². The van der Waals surface area contributed by atoms with Gasteiger partial charge in [-0.1, -0.05) is 48.5 Å². The molecule has 2 heteroatoms. The summed E-state index contributed by atoms with van der Waals surface area (Å²) in [5.74, 6) is 0.794. The SMILES string of the molecule is C[C@H](O)c1ccccc1OCCCCc1ccccc1. The molecule has 0 aliphatic carbocycles. The van der Waals surface area contributed by atoms with Crippen molar-refractivity contribution in [2.45, 2.75) is 32.3 Å². The molecule has 106 valence electrons. The van der Waals surface area contributed by atoms with Crippen LogP contribution in [0.1, 0.15) is 37.0 Å². The molecular formula is C18H22O2. The lowest BCUT2D eigenvalue weighted by Crippen LogP contribution is -2.02. The van der Waals surface area contributed by atoms with Gasteiger partial charge in [-0.05, 0) is 37.8 Å². The van der Waals surface area contributed by atoms with Gasteiger partial charge in [-0.2, -0.15) is 0 Å². The van der Waals surface area contributed by atoms with Gasteiger partial charge in [-0.25, -0.2) is 0 Å². The molecule has 0 bridgehead atoms. The minimum Gasteiger partial charge on any atom is -0.493 e. The molecule has 0 aromatic heterocycles. The van der Waals surface area contributed by atoms with Gasteiger partial charge in [0.15, 0.2) is 0 Å². The first-order valence-corrected chi connectivity index (χ1v) is 7.21. The van der Waals surface area contributed by atoms with Crippen molar-refractivity contribution in [3.05, 3.63) is 65.7 Å². The van der Waals surface area contributed by atoms with E-state index in [1.165, 1.54) is 5.56 Å². The van der Waals surface area contributed by atoms with E-state index in [0.29, 0.717) is 6.61 Å². The van der Waals surface area contributed by atoms with Crippen LogP contribution in [0.25, 0.3) is 0 Å². The van der Waals surface area contributed by atoms with Crippen molar-refractivity contribution in [3.8, 4) is 5.75 Å². The maximum absolute atomic E-state index is 9.68. The van der Waals surface area contributed by atoms with E-state index in [1.54, 1.807) is 6.92 Å². The molecule has 2 nitrogen and oxygen atoms in total. The molecule has 2 aromatic carbocycles. The molecule has 2 aromatic rings. The van der Waals surface area contributed by atoms with Gasteiger partial charge in [0, 0.05) is 5.56 Å². The second-order valence-electron chi connectivity index (χ2n) is 5.00. The van der Waals surface area contributed by atoms with Crippen molar-refractivity contribution in [2.75, 3.05) is 6.61 Å². The van der Waals surface area contributed by atoms with Gasteiger partial charge in [-0.15, -0.1) is 0 Å². The number of hydrogen-bond acceptors (Lipinski definition) is 2. The summed E-state index contributed by atoms with van der Waals surface area (Å²) in [7, 11) is 0. The number of aliphatic hydroxyl groups excluding tert-OH is 1. The highest BCUT2D eigenvalue weighted by molar-refractivity contribution is 5.34. The number of unbranched alkanes of at least 4 members (excludes halogenated alkanes) is 1. The molecule has 0 fully saturated rings. The molecule has 0 heterocycles. The second-order valence-corrected chi connectivity index (χ2v) is 5.00. The number of hydrogen-bond donors (Lipinski definition) is 1. The van der Waals surface area contributed by atoms with Crippen LogP contribution in [-0.2, 0) is 6.42 Å². The predicted octanol–water partition coefficient (Wildman–Crippen LogP) is 4.14. The Labute approximate surface area is 121 Å². The van der Waals surface area contributed by atoms with E-state index in [1.807, 2.05) is 30.3 Å². The van der Waals surface area contributed by atoms with Gasteiger partial charge in [0.1, 0.15) is 5.75 Å². The largest absolute Gasteiger partial charge is 0.493 e. The normalized spacial score (nSPS) is 12.1. The Kier molecular flexibility index (Phi) is 5.63. The summed E-state index contributed by atoms with van der Waals surface area (Å²) in [6.45, 7) is 2.45. The molecule has 1 N–H and O–H groups in total. The van der Waals surface area contributed by atoms with Crippen LogP contribution in [0, 0.1) is 0 Å². The summed E-state index contributed by atoms with van der Waals surface area (Å²) in [5.41, 5.74) is 2.23. The van der Waals surface area contributed by atoms with Crippen LogP contribution in [0.5, 0.6) is 5.75 Å². The topological polar surface area (TPSA) is 29.5 Å². The average molecular weight is 270 g/mol. The van der Waals surface area contributed by atoms with Gasteiger partial charge < -0.3 is 9.84 Å². The third kappa shape index (κ3) is 4.39. The number of aryl methyl sites for hydroxylation is 1. The minimum atomic E-state index is -0.490. The van der Waals surface area contributed by atoms with Crippen molar-refractivity contribution in [2.24, 2.45) is 0 Å². The first kappa shape index (κ1) is 14.6. The zero-order chi connectivity index (χ0) is 14.2. The van der Waals surface area contributed by atoms with E-state index in [9.17, 15) is 5.11 Å². The van der Waals surface area contributed by atoms with E-state index < -0.39 is 6.10 Å². The molecule has 0 spiro atoms. The molecular weight excluding hydrogens is 248 g/mol. The maximum atomic E-state index is 9.68. The fraction of sp³-hybridized carbons (Fsp3) is 0.333. The van der Waals surface area contributed by atoms with Crippen molar-refractivity contribution >= 4 is 0 Å². The zero-order valence-corrected chi connectivity index (χ0v) is 12.0. The summed E-state index contributed by atoms with van der Waals surface area (Å²) in [5, 5.41) is 9.68. The van der Waals surface area contributed by atoms with E-state index >= 15 is 0 Å². The molecule has 0 unspecified atom stereocenters. The van der Waals surface area contributed by atoms with Crippen LogP contribution >= 0.6 is 0 Å². The highest BCUT2D eigenvalue weighted by atomic mass is 16.5. The lowest BCUT2D eigenvalue weighted by Gasteiger charge is -2.13. The van der Waals surface area contributed by atoms with Crippen LogP contribution in [0.4, 0.5) is 0 Å². The minimum absolute atomic E-state index is 0.490. The number of benzene rings is 2. The number of para-hydroxylation sites is 1. The smallest absolute Gasteiger partial charge is 0.125 e. The molecule has 0 amide bonds.